The van der Waals surface area contributed by atoms with Crippen molar-refractivity contribution >= 4 is 18.0 Å². The van der Waals surface area contributed by atoms with Gasteiger partial charge in [0.2, 0.25) is 0 Å². The van der Waals surface area contributed by atoms with E-state index in [9.17, 15) is 9.59 Å². The van der Waals surface area contributed by atoms with Gasteiger partial charge in [0, 0.05) is 38.3 Å². The van der Waals surface area contributed by atoms with E-state index in [0.29, 0.717) is 11.3 Å². The van der Waals surface area contributed by atoms with Crippen LogP contribution in [0.15, 0.2) is 53.6 Å². The molecule has 1 N–H and O–H groups in total. The zero-order valence-corrected chi connectivity index (χ0v) is 19.4. The van der Waals surface area contributed by atoms with E-state index in [1.807, 2.05) is 41.3 Å². The van der Waals surface area contributed by atoms with Gasteiger partial charge in [-0.2, -0.15) is 5.10 Å². The summed E-state index contributed by atoms with van der Waals surface area (Å²) in [5.74, 6) is 0.399. The van der Waals surface area contributed by atoms with Gasteiger partial charge in [-0.1, -0.05) is 12.1 Å². The van der Waals surface area contributed by atoms with Crippen molar-refractivity contribution in [1.82, 2.24) is 15.2 Å². The number of hydrazone groups is 1. The average Bonchev–Trinajstić information content (AvgIpc) is 2.89. The number of amides is 2. The molecule has 180 valence electrons. The van der Waals surface area contributed by atoms with E-state index in [1.165, 1.54) is 12.0 Å². The Bertz CT molecular complexity index is 963. The van der Waals surface area contributed by atoms with Gasteiger partial charge in [0.15, 0.2) is 6.61 Å². The molecule has 0 aliphatic carbocycles. The van der Waals surface area contributed by atoms with Gasteiger partial charge in [-0.05, 0) is 66.8 Å². The Morgan fingerprint density at radius 3 is 2.35 bits per heavy atom. The molecule has 0 radical (unpaired) electrons. The highest BCUT2D eigenvalue weighted by atomic mass is 16.5. The van der Waals surface area contributed by atoms with Gasteiger partial charge < -0.3 is 14.4 Å². The standard InChI is InChI=1S/C26H32N4O4/c31-25(30-12-2-1-3-13-30)20-34-24-10-6-21(7-11-24)18-27-28-26(32)23-8-4-22(5-9-23)19-29-14-16-33-17-15-29/h4-11,18H,1-3,12-17,19-20H2,(H,28,32)/b27-18-. The molecule has 8 nitrogen and oxygen atoms in total. The molecule has 0 saturated carbocycles. The van der Waals surface area contributed by atoms with E-state index < -0.39 is 0 Å². The third-order valence-corrected chi connectivity index (χ3v) is 6.06. The van der Waals surface area contributed by atoms with Crippen molar-refractivity contribution in [1.29, 1.82) is 0 Å². The minimum Gasteiger partial charge on any atom is -0.484 e. The van der Waals surface area contributed by atoms with Crippen LogP contribution in [0.1, 0.15) is 40.7 Å². The molecule has 2 aliphatic heterocycles. The third kappa shape index (κ3) is 7.13. The van der Waals surface area contributed by atoms with E-state index in [-0.39, 0.29) is 18.4 Å². The van der Waals surface area contributed by atoms with Gasteiger partial charge in [-0.3, -0.25) is 14.5 Å². The van der Waals surface area contributed by atoms with Crippen molar-refractivity contribution in [2.45, 2.75) is 25.8 Å². The van der Waals surface area contributed by atoms with E-state index in [0.717, 1.165) is 64.3 Å². The van der Waals surface area contributed by atoms with Crippen molar-refractivity contribution in [3.63, 3.8) is 0 Å². The number of carbonyl (C=O) groups excluding carboxylic acids is 2. The lowest BCUT2D eigenvalue weighted by Gasteiger charge is -2.26. The van der Waals surface area contributed by atoms with Crippen LogP contribution < -0.4 is 10.2 Å². The molecule has 2 aromatic carbocycles. The van der Waals surface area contributed by atoms with Gasteiger partial charge in [-0.15, -0.1) is 0 Å². The van der Waals surface area contributed by atoms with Crippen LogP contribution in [0, 0.1) is 0 Å². The molecule has 0 aromatic heterocycles. The monoisotopic (exact) mass is 464 g/mol. The first kappa shape index (κ1) is 23.9. The molecule has 0 bridgehead atoms. The molecule has 2 saturated heterocycles. The predicted molar refractivity (Wildman–Crippen MR) is 130 cm³/mol. The zero-order chi connectivity index (χ0) is 23.6. The highest BCUT2D eigenvalue weighted by molar-refractivity contribution is 5.94. The summed E-state index contributed by atoms with van der Waals surface area (Å²) in [6, 6.07) is 14.8. The van der Waals surface area contributed by atoms with Crippen LogP contribution in [0.5, 0.6) is 5.75 Å². The van der Waals surface area contributed by atoms with Crippen molar-refractivity contribution in [3.8, 4) is 5.75 Å². The molecule has 34 heavy (non-hydrogen) atoms. The fourth-order valence-electron chi connectivity index (χ4n) is 4.04. The predicted octanol–water partition coefficient (Wildman–Crippen LogP) is 2.67. The van der Waals surface area contributed by atoms with Gasteiger partial charge in [0.05, 0.1) is 19.4 Å². The van der Waals surface area contributed by atoms with Crippen LogP contribution in [-0.2, 0) is 16.1 Å². The fraction of sp³-hybridized carbons (Fsp3) is 0.423. The van der Waals surface area contributed by atoms with Gasteiger partial charge in [0.1, 0.15) is 5.75 Å². The van der Waals surface area contributed by atoms with Crippen LogP contribution >= 0.6 is 0 Å². The highest BCUT2D eigenvalue weighted by Gasteiger charge is 2.16. The molecule has 4 rings (SSSR count). The minimum atomic E-state index is -0.259. The molecule has 0 atom stereocenters. The maximum absolute atomic E-state index is 12.4. The van der Waals surface area contributed by atoms with E-state index >= 15 is 0 Å². The third-order valence-electron chi connectivity index (χ3n) is 6.06. The molecule has 0 unspecified atom stereocenters. The Hall–Kier alpha value is -3.23. The Morgan fingerprint density at radius 2 is 1.65 bits per heavy atom. The molecule has 2 amide bonds. The summed E-state index contributed by atoms with van der Waals surface area (Å²) >= 11 is 0. The summed E-state index contributed by atoms with van der Waals surface area (Å²) in [7, 11) is 0. The van der Waals surface area contributed by atoms with Crippen LogP contribution in [0.2, 0.25) is 0 Å². The number of hydrogen-bond acceptors (Lipinski definition) is 6. The average molecular weight is 465 g/mol. The number of likely N-dealkylation sites (tertiary alicyclic amines) is 1. The van der Waals surface area contributed by atoms with E-state index in [1.54, 1.807) is 18.3 Å². The summed E-state index contributed by atoms with van der Waals surface area (Å²) in [6.07, 6.45) is 4.90. The molecular formula is C26H32N4O4. The van der Waals surface area contributed by atoms with Gasteiger partial charge in [0.25, 0.3) is 11.8 Å². The second kappa shape index (κ2) is 12.3. The molecule has 2 heterocycles. The fourth-order valence-corrected chi connectivity index (χ4v) is 4.04. The Morgan fingerprint density at radius 1 is 0.941 bits per heavy atom. The summed E-state index contributed by atoms with van der Waals surface area (Å²) in [4.78, 5) is 28.8. The van der Waals surface area contributed by atoms with Crippen molar-refractivity contribution in [2.75, 3.05) is 46.0 Å². The topological polar surface area (TPSA) is 83.5 Å². The van der Waals surface area contributed by atoms with E-state index in [2.05, 4.69) is 15.4 Å². The molecular weight excluding hydrogens is 432 g/mol. The second-order valence-electron chi connectivity index (χ2n) is 8.58. The Balaban J connectivity index is 1.20. The van der Waals surface area contributed by atoms with Gasteiger partial charge in [-0.25, -0.2) is 5.43 Å². The first-order valence-electron chi connectivity index (χ1n) is 11.9. The van der Waals surface area contributed by atoms with Crippen LogP contribution in [0.4, 0.5) is 0 Å². The largest absolute Gasteiger partial charge is 0.484 e. The lowest BCUT2D eigenvalue weighted by atomic mass is 10.1. The van der Waals surface area contributed by atoms with Crippen LogP contribution in [0.3, 0.4) is 0 Å². The van der Waals surface area contributed by atoms with Crippen molar-refractivity contribution in [3.05, 3.63) is 65.2 Å². The number of rotatable bonds is 8. The summed E-state index contributed by atoms with van der Waals surface area (Å²) in [5, 5.41) is 4.05. The summed E-state index contributed by atoms with van der Waals surface area (Å²) < 4.78 is 11.0. The zero-order valence-electron chi connectivity index (χ0n) is 19.4. The lowest BCUT2D eigenvalue weighted by molar-refractivity contribution is -0.134. The first-order valence-corrected chi connectivity index (χ1v) is 11.9. The number of nitrogens with one attached hydrogen (secondary N) is 1. The molecule has 2 fully saturated rings. The number of benzene rings is 2. The molecule has 2 aliphatic rings. The smallest absolute Gasteiger partial charge is 0.271 e. The maximum Gasteiger partial charge on any atom is 0.271 e. The van der Waals surface area contributed by atoms with Crippen LogP contribution in [-0.4, -0.2) is 73.8 Å². The number of morpholine rings is 1. The Labute approximate surface area is 200 Å². The quantitative estimate of drug-likeness (QED) is 0.480. The number of piperidine rings is 1. The molecule has 0 spiro atoms. The first-order chi connectivity index (χ1) is 16.7. The minimum absolute atomic E-state index is 0.0298. The summed E-state index contributed by atoms with van der Waals surface area (Å²) in [6.45, 7) is 5.95. The van der Waals surface area contributed by atoms with Crippen LogP contribution in [0.25, 0.3) is 0 Å². The normalized spacial score (nSPS) is 17.0. The number of ether oxygens (including phenoxy) is 2. The van der Waals surface area contributed by atoms with Gasteiger partial charge >= 0.3 is 0 Å². The maximum atomic E-state index is 12.4. The SMILES string of the molecule is O=C(N/N=C\c1ccc(OCC(=O)N2CCCCC2)cc1)c1ccc(CN2CCOCC2)cc1. The second-order valence-corrected chi connectivity index (χ2v) is 8.58. The lowest BCUT2D eigenvalue weighted by Crippen LogP contribution is -2.38. The summed E-state index contributed by atoms with van der Waals surface area (Å²) in [5.41, 5.74) is 5.11. The Kier molecular flexibility index (Phi) is 8.65. The highest BCUT2D eigenvalue weighted by Crippen LogP contribution is 2.13. The number of nitrogens with zero attached hydrogens (tertiary/aromatic N) is 3. The number of hydrogen-bond donors (Lipinski definition) is 1. The molecule has 2 aromatic rings. The van der Waals surface area contributed by atoms with Crippen molar-refractivity contribution < 1.29 is 19.1 Å². The number of carbonyl (C=O) groups is 2. The van der Waals surface area contributed by atoms with E-state index in [4.69, 9.17) is 9.47 Å². The van der Waals surface area contributed by atoms with Crippen molar-refractivity contribution in [2.24, 2.45) is 5.10 Å². The molecule has 8 heteroatoms.